The molecule has 1 aliphatic heterocycles. The fourth-order valence-electron chi connectivity index (χ4n) is 7.51. The number of aromatic nitrogens is 6. The molecule has 4 amide bonds. The average molecular weight is 925 g/mol. The molecule has 1 aliphatic rings. The highest BCUT2D eigenvalue weighted by molar-refractivity contribution is 7.13. The number of nitrogen functional groups attached to an aromatic ring is 1. The first-order chi connectivity index (χ1) is 31.8. The summed E-state index contributed by atoms with van der Waals surface area (Å²) in [6.07, 6.45) is 7.06. The number of rotatable bonds is 23. The topological polar surface area (TPSA) is 258 Å². The molecule has 1 fully saturated rings. The van der Waals surface area contributed by atoms with Crippen molar-refractivity contribution in [3.05, 3.63) is 52.9 Å². The first-order valence-corrected chi connectivity index (χ1v) is 23.4. The van der Waals surface area contributed by atoms with Gasteiger partial charge < -0.3 is 46.3 Å². The number of carbonyl (C=O) groups is 4. The Hall–Kier alpha value is -6.43. The molecular weight excluding hydrogens is 865 g/mol. The third-order valence-corrected chi connectivity index (χ3v) is 11.9. The van der Waals surface area contributed by atoms with Crippen LogP contribution < -0.4 is 31.7 Å². The van der Waals surface area contributed by atoms with E-state index in [1.165, 1.54) is 0 Å². The smallest absolute Gasteiger partial charge is 0.243 e. The number of amides is 4. The zero-order valence-electron chi connectivity index (χ0n) is 38.1. The summed E-state index contributed by atoms with van der Waals surface area (Å²) in [5.74, 6) is 6.05. The van der Waals surface area contributed by atoms with Crippen molar-refractivity contribution in [3.8, 4) is 39.5 Å². The van der Waals surface area contributed by atoms with Crippen LogP contribution in [-0.4, -0.2) is 114 Å². The predicted molar refractivity (Wildman–Crippen MR) is 250 cm³/mol. The lowest BCUT2D eigenvalue weighted by atomic mass is 10.1. The van der Waals surface area contributed by atoms with E-state index in [1.807, 2.05) is 48.2 Å². The van der Waals surface area contributed by atoms with Crippen molar-refractivity contribution >= 4 is 51.8 Å². The summed E-state index contributed by atoms with van der Waals surface area (Å²) in [6, 6.07) is 7.46. The molecule has 4 aromatic heterocycles. The molecule has 0 unspecified atom stereocenters. The molecule has 352 valence electrons. The fraction of sp³-hybridized carbons (Fsp3) is 0.500. The van der Waals surface area contributed by atoms with E-state index in [9.17, 15) is 24.3 Å². The van der Waals surface area contributed by atoms with Gasteiger partial charge >= 0.3 is 0 Å². The molecule has 1 atom stereocenters. The largest absolute Gasteiger partial charge is 0.490 e. The van der Waals surface area contributed by atoms with Gasteiger partial charge in [0, 0.05) is 39.0 Å². The number of benzene rings is 1. The average Bonchev–Trinajstić information content (AvgIpc) is 4.13. The minimum atomic E-state index is -1.23. The lowest BCUT2D eigenvalue weighted by Crippen LogP contribution is -2.48. The number of likely N-dealkylation sites (tertiary alicyclic amines) is 1. The summed E-state index contributed by atoms with van der Waals surface area (Å²) in [5, 5.41) is 29.8. The van der Waals surface area contributed by atoms with Gasteiger partial charge in [0.1, 0.15) is 28.4 Å². The zero-order chi connectivity index (χ0) is 47.1. The number of ether oxygens (including phenoxy) is 1. The number of imidazole rings is 1. The van der Waals surface area contributed by atoms with Gasteiger partial charge in [0.05, 0.1) is 35.4 Å². The van der Waals surface area contributed by atoms with Crippen molar-refractivity contribution in [1.29, 1.82) is 0 Å². The number of nitrogens with one attached hydrogen (secondary N) is 4. The Morgan fingerprint density at radius 3 is 2.48 bits per heavy atom. The van der Waals surface area contributed by atoms with E-state index >= 15 is 0 Å². The van der Waals surface area contributed by atoms with Gasteiger partial charge in [-0.3, -0.25) is 19.2 Å². The molecule has 0 saturated carbocycles. The van der Waals surface area contributed by atoms with E-state index in [4.69, 9.17) is 20.1 Å². The number of nitrogens with two attached hydrogens (primary N) is 1. The Morgan fingerprint density at radius 1 is 0.985 bits per heavy atom. The van der Waals surface area contributed by atoms with E-state index in [0.29, 0.717) is 106 Å². The molecular formula is C46H60N12O7S. The number of pyridine rings is 1. The van der Waals surface area contributed by atoms with Gasteiger partial charge in [0.15, 0.2) is 23.1 Å². The third kappa shape index (κ3) is 13.6. The van der Waals surface area contributed by atoms with Crippen molar-refractivity contribution < 1.29 is 33.7 Å². The number of nitrogens with zero attached hydrogens (tertiary/aromatic N) is 7. The van der Waals surface area contributed by atoms with Crippen LogP contribution in [0.3, 0.4) is 0 Å². The number of hydrogen-bond donors (Lipinski definition) is 6. The number of hydrogen-bond acceptors (Lipinski definition) is 15. The maximum absolute atomic E-state index is 13.0. The number of unbranched alkanes of at least 4 members (excludes halogenated alkanes) is 2. The second-order valence-corrected chi connectivity index (χ2v) is 17.4. The fourth-order valence-corrected chi connectivity index (χ4v) is 8.32. The van der Waals surface area contributed by atoms with E-state index in [1.54, 1.807) is 36.3 Å². The van der Waals surface area contributed by atoms with Crippen molar-refractivity contribution in [2.24, 2.45) is 0 Å². The number of aliphatic hydroxyl groups is 1. The van der Waals surface area contributed by atoms with Crippen LogP contribution in [0.15, 0.2) is 40.6 Å². The highest BCUT2D eigenvalue weighted by Gasteiger charge is 2.34. The number of fused-ring (bicyclic) bond motifs is 1. The van der Waals surface area contributed by atoms with Crippen LogP contribution in [-0.2, 0) is 32.3 Å². The van der Waals surface area contributed by atoms with Crippen LogP contribution >= 0.6 is 11.3 Å². The van der Waals surface area contributed by atoms with E-state index in [0.717, 1.165) is 41.0 Å². The van der Waals surface area contributed by atoms with Crippen molar-refractivity contribution in [3.63, 3.8) is 0 Å². The van der Waals surface area contributed by atoms with Crippen LogP contribution in [0, 0.1) is 18.8 Å². The van der Waals surface area contributed by atoms with Gasteiger partial charge in [0.25, 0.3) is 0 Å². The number of aryl methyl sites for hydroxylation is 2. The molecule has 5 aromatic rings. The highest BCUT2D eigenvalue weighted by Crippen LogP contribution is 2.33. The van der Waals surface area contributed by atoms with Crippen molar-refractivity contribution in [2.75, 3.05) is 45.1 Å². The SMILES string of the molecule is CCn1c(-c2nonc2N)nc2c(C#CC(C)(C)O)ncc(OCCCNCCCC(=O)NCCCCCC(=O)NCC(=O)N3CCC[C@H]3C(=O)NCc3ccc(-c4scnc4C)cc3)c21. The van der Waals surface area contributed by atoms with Crippen LogP contribution in [0.25, 0.3) is 33.0 Å². The zero-order valence-corrected chi connectivity index (χ0v) is 38.9. The predicted octanol–water partition coefficient (Wildman–Crippen LogP) is 3.88. The van der Waals surface area contributed by atoms with E-state index in [2.05, 4.69) is 53.4 Å². The van der Waals surface area contributed by atoms with Gasteiger partial charge in [-0.2, -0.15) is 0 Å². The molecule has 7 N–H and O–H groups in total. The molecule has 5 heterocycles. The lowest BCUT2D eigenvalue weighted by molar-refractivity contribution is -0.138. The summed E-state index contributed by atoms with van der Waals surface area (Å²) >= 11 is 1.59. The Kier molecular flexibility index (Phi) is 17.6. The van der Waals surface area contributed by atoms with Crippen LogP contribution in [0.4, 0.5) is 5.82 Å². The maximum atomic E-state index is 13.0. The second-order valence-electron chi connectivity index (χ2n) is 16.6. The van der Waals surface area contributed by atoms with Crippen molar-refractivity contribution in [2.45, 2.75) is 110 Å². The summed E-state index contributed by atoms with van der Waals surface area (Å²) in [5.41, 5.74) is 11.4. The van der Waals surface area contributed by atoms with E-state index < -0.39 is 11.6 Å². The molecule has 1 aromatic carbocycles. The van der Waals surface area contributed by atoms with Gasteiger partial charge in [-0.25, -0.2) is 19.6 Å². The first-order valence-electron chi connectivity index (χ1n) is 22.5. The minimum Gasteiger partial charge on any atom is -0.490 e. The number of anilines is 1. The maximum Gasteiger partial charge on any atom is 0.243 e. The third-order valence-electron chi connectivity index (χ3n) is 10.9. The molecule has 0 spiro atoms. The summed E-state index contributed by atoms with van der Waals surface area (Å²) in [6.45, 7) is 10.6. The van der Waals surface area contributed by atoms with Gasteiger partial charge in [-0.1, -0.05) is 36.6 Å². The summed E-state index contributed by atoms with van der Waals surface area (Å²) in [7, 11) is 0. The molecule has 6 rings (SSSR count). The number of carbonyl (C=O) groups excluding carboxylic acids is 4. The summed E-state index contributed by atoms with van der Waals surface area (Å²) < 4.78 is 12.9. The van der Waals surface area contributed by atoms with E-state index in [-0.39, 0.29) is 48.1 Å². The standard InChI is InChI=1S/C46H60N12O7S/c1-5-57-41-35(27-50-33(19-20-46(3,4)63)39(41)54-44(57)40-43(47)56-65-55-40)64-25-11-22-48-21-9-14-36(59)49-23-8-6-7-13-37(60)51-28-38(61)58-24-10-12-34(58)45(62)52-26-31-15-17-32(18-16-31)42-30(2)53-29-66-42/h15-18,27,29,34,48,63H,5-14,21-26,28H2,1-4H3,(H2,47,56)(H,49,59)(H,51,60)(H,52,62)/t34-/m0/s1. The quantitative estimate of drug-likeness (QED) is 0.0402. The van der Waals surface area contributed by atoms with Crippen molar-refractivity contribution in [1.82, 2.24) is 56.0 Å². The van der Waals surface area contributed by atoms with Crippen LogP contribution in [0.2, 0.25) is 0 Å². The van der Waals surface area contributed by atoms with Crippen LogP contribution in [0.5, 0.6) is 5.75 Å². The Labute approximate surface area is 388 Å². The Morgan fingerprint density at radius 2 is 1.76 bits per heavy atom. The highest BCUT2D eigenvalue weighted by atomic mass is 32.1. The number of thiazole rings is 1. The van der Waals surface area contributed by atoms with Gasteiger partial charge in [0.2, 0.25) is 23.6 Å². The monoisotopic (exact) mass is 924 g/mol. The molecule has 19 nitrogen and oxygen atoms in total. The Bertz CT molecular complexity index is 2500. The lowest BCUT2D eigenvalue weighted by Gasteiger charge is -2.24. The molecule has 0 radical (unpaired) electrons. The molecule has 20 heteroatoms. The second kappa shape index (κ2) is 23.7. The van der Waals surface area contributed by atoms with Gasteiger partial charge in [-0.15, -0.1) is 11.3 Å². The molecule has 1 saturated heterocycles. The first kappa shape index (κ1) is 49.0. The molecule has 0 aliphatic carbocycles. The minimum absolute atomic E-state index is 0.0240. The normalized spacial score (nSPS) is 13.7. The van der Waals surface area contributed by atoms with Gasteiger partial charge in [-0.05, 0) is 107 Å². The molecule has 0 bridgehead atoms. The van der Waals surface area contributed by atoms with Crippen LogP contribution in [0.1, 0.15) is 95.5 Å². The molecule has 66 heavy (non-hydrogen) atoms. The Balaban J connectivity index is 0.801. The summed E-state index contributed by atoms with van der Waals surface area (Å²) in [4.78, 5) is 67.1.